The van der Waals surface area contributed by atoms with Crippen LogP contribution in [0.2, 0.25) is 5.02 Å². The molecular weight excluding hydrogens is 388 g/mol. The molecule has 112 valence electrons. The lowest BCUT2D eigenvalue weighted by molar-refractivity contribution is 0.102. The molecule has 0 radical (unpaired) electrons. The molecule has 22 heavy (non-hydrogen) atoms. The molecule has 1 aromatic heterocycles. The van der Waals surface area contributed by atoms with Crippen molar-refractivity contribution in [3.8, 4) is 5.75 Å². The van der Waals surface area contributed by atoms with E-state index in [0.717, 1.165) is 9.17 Å². The van der Waals surface area contributed by atoms with E-state index in [1.807, 2.05) is 12.1 Å². The molecule has 0 saturated carbocycles. The maximum atomic E-state index is 12.2. The quantitative estimate of drug-likeness (QED) is 0.678. The van der Waals surface area contributed by atoms with E-state index < -0.39 is 0 Å². The number of methoxy groups -OCH3 is 1. The fourth-order valence-corrected chi connectivity index (χ4v) is 3.36. The maximum absolute atomic E-state index is 12.2. The van der Waals surface area contributed by atoms with Crippen molar-refractivity contribution in [1.29, 1.82) is 0 Å². The molecule has 1 N–H and O–H groups in total. The Kier molecular flexibility index (Phi) is 4.33. The summed E-state index contributed by atoms with van der Waals surface area (Å²) in [6.07, 6.45) is 0. The van der Waals surface area contributed by atoms with Gasteiger partial charge in [-0.15, -0.1) is 0 Å². The SMILES string of the molecule is COc1ccc(Cl)c2sc(NC(=O)c3ccc(Br)cc3)nc12. The molecule has 3 aromatic rings. The van der Waals surface area contributed by atoms with Crippen LogP contribution >= 0.6 is 38.9 Å². The molecule has 7 heteroatoms. The molecule has 0 bridgehead atoms. The van der Waals surface area contributed by atoms with Gasteiger partial charge in [0, 0.05) is 10.0 Å². The number of carbonyl (C=O) groups is 1. The number of nitrogens with one attached hydrogen (secondary N) is 1. The monoisotopic (exact) mass is 396 g/mol. The summed E-state index contributed by atoms with van der Waals surface area (Å²) in [5.74, 6) is 0.404. The summed E-state index contributed by atoms with van der Waals surface area (Å²) in [6, 6.07) is 10.6. The predicted octanol–water partition coefficient (Wildman–Crippen LogP) is 4.97. The van der Waals surface area contributed by atoms with E-state index in [0.29, 0.717) is 27.0 Å². The van der Waals surface area contributed by atoms with E-state index in [4.69, 9.17) is 16.3 Å². The van der Waals surface area contributed by atoms with Crippen LogP contribution in [0.1, 0.15) is 10.4 Å². The number of aromatic nitrogens is 1. The van der Waals surface area contributed by atoms with Gasteiger partial charge in [-0.25, -0.2) is 4.98 Å². The second-order valence-electron chi connectivity index (χ2n) is 4.41. The molecule has 0 aliphatic carbocycles. The predicted molar refractivity (Wildman–Crippen MR) is 93.3 cm³/mol. The smallest absolute Gasteiger partial charge is 0.257 e. The van der Waals surface area contributed by atoms with Crippen LogP contribution in [0.4, 0.5) is 5.13 Å². The Morgan fingerprint density at radius 1 is 1.27 bits per heavy atom. The summed E-state index contributed by atoms with van der Waals surface area (Å²) < 4.78 is 6.97. The number of hydrogen-bond donors (Lipinski definition) is 1. The van der Waals surface area contributed by atoms with Crippen molar-refractivity contribution in [2.24, 2.45) is 0 Å². The number of anilines is 1. The van der Waals surface area contributed by atoms with Crippen molar-refractivity contribution < 1.29 is 9.53 Å². The molecule has 1 heterocycles. The largest absolute Gasteiger partial charge is 0.494 e. The van der Waals surface area contributed by atoms with E-state index in [9.17, 15) is 4.79 Å². The minimum absolute atomic E-state index is 0.221. The van der Waals surface area contributed by atoms with Crippen molar-refractivity contribution in [1.82, 2.24) is 4.98 Å². The molecule has 0 aliphatic heterocycles. The highest BCUT2D eigenvalue weighted by atomic mass is 79.9. The highest BCUT2D eigenvalue weighted by Crippen LogP contribution is 2.37. The van der Waals surface area contributed by atoms with Gasteiger partial charge in [0.05, 0.1) is 16.8 Å². The van der Waals surface area contributed by atoms with Gasteiger partial charge in [-0.2, -0.15) is 0 Å². The summed E-state index contributed by atoms with van der Waals surface area (Å²) in [5.41, 5.74) is 1.20. The van der Waals surface area contributed by atoms with Gasteiger partial charge in [0.15, 0.2) is 5.13 Å². The van der Waals surface area contributed by atoms with Crippen molar-refractivity contribution in [2.75, 3.05) is 12.4 Å². The third-order valence-corrected chi connectivity index (χ3v) is 4.97. The molecule has 4 nitrogen and oxygen atoms in total. The standard InChI is InChI=1S/C15H10BrClN2O2S/c1-21-11-7-6-10(17)13-12(11)18-15(22-13)19-14(20)8-2-4-9(16)5-3-8/h2-7H,1H3,(H,18,19,20). The topological polar surface area (TPSA) is 51.2 Å². The molecule has 0 spiro atoms. The number of thiazole rings is 1. The fourth-order valence-electron chi connectivity index (χ4n) is 1.94. The number of halogens is 2. The second kappa shape index (κ2) is 6.24. The van der Waals surface area contributed by atoms with Gasteiger partial charge in [-0.1, -0.05) is 38.9 Å². The van der Waals surface area contributed by atoms with Gasteiger partial charge in [-0.3, -0.25) is 10.1 Å². The second-order valence-corrected chi connectivity index (χ2v) is 6.73. The van der Waals surface area contributed by atoms with E-state index in [-0.39, 0.29) is 5.91 Å². The van der Waals surface area contributed by atoms with E-state index in [2.05, 4.69) is 26.2 Å². The number of fused-ring (bicyclic) bond motifs is 1. The molecule has 0 unspecified atom stereocenters. The van der Waals surface area contributed by atoms with Crippen LogP contribution in [-0.2, 0) is 0 Å². The van der Waals surface area contributed by atoms with Crippen molar-refractivity contribution >= 4 is 60.1 Å². The van der Waals surface area contributed by atoms with Crippen molar-refractivity contribution in [3.63, 3.8) is 0 Å². The maximum Gasteiger partial charge on any atom is 0.257 e. The summed E-state index contributed by atoms with van der Waals surface area (Å²) in [5, 5.41) is 3.85. The highest BCUT2D eigenvalue weighted by Gasteiger charge is 2.14. The van der Waals surface area contributed by atoms with E-state index >= 15 is 0 Å². The number of benzene rings is 2. The van der Waals surface area contributed by atoms with Crippen LogP contribution < -0.4 is 10.1 Å². The fraction of sp³-hybridized carbons (Fsp3) is 0.0667. The highest BCUT2D eigenvalue weighted by molar-refractivity contribution is 9.10. The molecule has 3 rings (SSSR count). The molecule has 0 atom stereocenters. The van der Waals surface area contributed by atoms with Gasteiger partial charge < -0.3 is 4.74 Å². The zero-order valence-electron chi connectivity index (χ0n) is 11.4. The average molecular weight is 398 g/mol. The molecule has 2 aromatic carbocycles. The van der Waals surface area contributed by atoms with Gasteiger partial charge >= 0.3 is 0 Å². The first-order valence-corrected chi connectivity index (χ1v) is 8.27. The Balaban J connectivity index is 1.92. The Morgan fingerprint density at radius 3 is 2.68 bits per heavy atom. The summed E-state index contributed by atoms with van der Waals surface area (Å²) in [4.78, 5) is 16.6. The summed E-state index contributed by atoms with van der Waals surface area (Å²) in [6.45, 7) is 0. The molecule has 0 saturated heterocycles. The third-order valence-electron chi connectivity index (χ3n) is 3.01. The normalized spacial score (nSPS) is 10.7. The van der Waals surface area contributed by atoms with Gasteiger partial charge in [-0.05, 0) is 36.4 Å². The average Bonchev–Trinajstić information content (AvgIpc) is 2.93. The molecular formula is C15H10BrClN2O2S. The van der Waals surface area contributed by atoms with E-state index in [1.54, 1.807) is 31.4 Å². The van der Waals surface area contributed by atoms with E-state index in [1.165, 1.54) is 11.3 Å². The van der Waals surface area contributed by atoms with Crippen LogP contribution in [0.3, 0.4) is 0 Å². The Labute approximate surface area is 144 Å². The number of rotatable bonds is 3. The first kappa shape index (κ1) is 15.3. The zero-order chi connectivity index (χ0) is 15.7. The van der Waals surface area contributed by atoms with Crippen LogP contribution in [0.25, 0.3) is 10.2 Å². The summed E-state index contributed by atoms with van der Waals surface area (Å²) in [7, 11) is 1.57. The van der Waals surface area contributed by atoms with Crippen LogP contribution in [0.15, 0.2) is 40.9 Å². The number of nitrogens with zero attached hydrogens (tertiary/aromatic N) is 1. The van der Waals surface area contributed by atoms with Gasteiger partial charge in [0.25, 0.3) is 5.91 Å². The number of amides is 1. The number of hydrogen-bond acceptors (Lipinski definition) is 4. The number of ether oxygens (including phenoxy) is 1. The molecule has 0 fully saturated rings. The zero-order valence-corrected chi connectivity index (χ0v) is 14.6. The molecule has 1 amide bonds. The van der Waals surface area contributed by atoms with Crippen molar-refractivity contribution in [2.45, 2.75) is 0 Å². The number of carbonyl (C=O) groups excluding carboxylic acids is 1. The summed E-state index contributed by atoms with van der Waals surface area (Å²) >= 11 is 10.8. The van der Waals surface area contributed by atoms with Crippen LogP contribution in [-0.4, -0.2) is 18.0 Å². The van der Waals surface area contributed by atoms with Gasteiger partial charge in [0.1, 0.15) is 11.3 Å². The lowest BCUT2D eigenvalue weighted by Crippen LogP contribution is -2.11. The third kappa shape index (κ3) is 2.95. The van der Waals surface area contributed by atoms with Crippen LogP contribution in [0, 0.1) is 0 Å². The van der Waals surface area contributed by atoms with Crippen molar-refractivity contribution in [3.05, 3.63) is 51.5 Å². The Morgan fingerprint density at radius 2 is 2.00 bits per heavy atom. The lowest BCUT2D eigenvalue weighted by Gasteiger charge is -2.01. The molecule has 0 aliphatic rings. The Hall–Kier alpha value is -1.63. The first-order valence-electron chi connectivity index (χ1n) is 6.28. The van der Waals surface area contributed by atoms with Gasteiger partial charge in [0.2, 0.25) is 0 Å². The van der Waals surface area contributed by atoms with Crippen LogP contribution in [0.5, 0.6) is 5.75 Å². The minimum Gasteiger partial charge on any atom is -0.494 e. The Bertz CT molecular complexity index is 849. The first-order chi connectivity index (χ1) is 10.6. The lowest BCUT2D eigenvalue weighted by atomic mass is 10.2. The minimum atomic E-state index is -0.221.